The van der Waals surface area contributed by atoms with Gasteiger partial charge in [-0.1, -0.05) is 23.7 Å². The molecule has 1 unspecified atom stereocenters. The zero-order valence-electron chi connectivity index (χ0n) is 13.9. The number of nitrogens with one attached hydrogen (secondary N) is 1. The van der Waals surface area contributed by atoms with Crippen LogP contribution in [-0.2, 0) is 11.3 Å². The van der Waals surface area contributed by atoms with Gasteiger partial charge in [0.2, 0.25) is 0 Å². The van der Waals surface area contributed by atoms with Crippen LogP contribution in [0.4, 0.5) is 4.79 Å². The molecule has 1 aromatic rings. The van der Waals surface area contributed by atoms with Crippen LogP contribution in [0.5, 0.6) is 0 Å². The van der Waals surface area contributed by atoms with Crippen molar-refractivity contribution >= 4 is 17.6 Å². The van der Waals surface area contributed by atoms with Crippen molar-refractivity contribution in [2.75, 3.05) is 46.9 Å². The van der Waals surface area contributed by atoms with Crippen LogP contribution in [0.2, 0.25) is 5.02 Å². The van der Waals surface area contributed by atoms with Gasteiger partial charge in [0, 0.05) is 45.4 Å². The number of benzene rings is 1. The summed E-state index contributed by atoms with van der Waals surface area (Å²) in [7, 11) is 3.54. The maximum absolute atomic E-state index is 12.2. The standard InChI is InChI=1S/C17H26ClN3O2/c1-20(12-14-3-5-16(18)6-4-14)17(22)19-11-15-7-8-21(13-15)9-10-23-2/h3-6,15H,7-13H2,1-2H3,(H,19,22). The van der Waals surface area contributed by atoms with Crippen LogP contribution in [0, 0.1) is 5.92 Å². The van der Waals surface area contributed by atoms with Gasteiger partial charge in [0.25, 0.3) is 0 Å². The first kappa shape index (κ1) is 18.0. The number of urea groups is 1. The van der Waals surface area contributed by atoms with Crippen LogP contribution in [0.25, 0.3) is 0 Å². The van der Waals surface area contributed by atoms with E-state index in [4.69, 9.17) is 16.3 Å². The van der Waals surface area contributed by atoms with E-state index in [1.54, 1.807) is 12.0 Å². The molecule has 0 radical (unpaired) electrons. The Kier molecular flexibility index (Phi) is 7.15. The summed E-state index contributed by atoms with van der Waals surface area (Å²) < 4.78 is 5.11. The second-order valence-corrected chi connectivity index (χ2v) is 6.55. The summed E-state index contributed by atoms with van der Waals surface area (Å²) in [4.78, 5) is 16.3. The maximum Gasteiger partial charge on any atom is 0.317 e. The molecule has 1 atom stereocenters. The number of likely N-dealkylation sites (tertiary alicyclic amines) is 1. The lowest BCUT2D eigenvalue weighted by molar-refractivity contribution is 0.158. The molecular formula is C17H26ClN3O2. The average molecular weight is 340 g/mol. The van der Waals surface area contributed by atoms with E-state index in [9.17, 15) is 4.79 Å². The predicted molar refractivity (Wildman–Crippen MR) is 92.7 cm³/mol. The first-order chi connectivity index (χ1) is 11.1. The van der Waals surface area contributed by atoms with Crippen molar-refractivity contribution in [1.82, 2.24) is 15.1 Å². The topological polar surface area (TPSA) is 44.8 Å². The molecule has 128 valence electrons. The smallest absolute Gasteiger partial charge is 0.317 e. The molecule has 1 fully saturated rings. The normalized spacial score (nSPS) is 18.1. The molecule has 1 heterocycles. The quantitative estimate of drug-likeness (QED) is 0.830. The van der Waals surface area contributed by atoms with Crippen molar-refractivity contribution in [2.45, 2.75) is 13.0 Å². The third-order valence-corrected chi connectivity index (χ3v) is 4.46. The number of ether oxygens (including phenoxy) is 1. The van der Waals surface area contributed by atoms with Crippen LogP contribution in [-0.4, -0.2) is 62.8 Å². The van der Waals surface area contributed by atoms with Gasteiger partial charge in [-0.25, -0.2) is 4.79 Å². The molecule has 0 saturated carbocycles. The first-order valence-electron chi connectivity index (χ1n) is 8.03. The number of halogens is 1. The molecule has 1 aromatic carbocycles. The maximum atomic E-state index is 12.2. The number of nitrogens with zero attached hydrogens (tertiary/aromatic N) is 2. The number of carbonyl (C=O) groups excluding carboxylic acids is 1. The third-order valence-electron chi connectivity index (χ3n) is 4.20. The second-order valence-electron chi connectivity index (χ2n) is 6.12. The Hall–Kier alpha value is -1.30. The van der Waals surface area contributed by atoms with Crippen molar-refractivity contribution in [3.63, 3.8) is 0 Å². The van der Waals surface area contributed by atoms with Gasteiger partial charge < -0.3 is 19.9 Å². The van der Waals surface area contributed by atoms with E-state index in [-0.39, 0.29) is 6.03 Å². The minimum Gasteiger partial charge on any atom is -0.383 e. The fourth-order valence-corrected chi connectivity index (χ4v) is 2.93. The lowest BCUT2D eigenvalue weighted by Gasteiger charge is -2.20. The van der Waals surface area contributed by atoms with E-state index in [1.165, 1.54) is 0 Å². The fourth-order valence-electron chi connectivity index (χ4n) is 2.81. The van der Waals surface area contributed by atoms with Gasteiger partial charge in [-0.2, -0.15) is 0 Å². The van der Waals surface area contributed by atoms with E-state index < -0.39 is 0 Å². The molecule has 2 amide bonds. The summed E-state index contributed by atoms with van der Waals surface area (Å²) >= 11 is 5.87. The molecule has 6 heteroatoms. The Morgan fingerprint density at radius 3 is 2.87 bits per heavy atom. The number of methoxy groups -OCH3 is 1. The van der Waals surface area contributed by atoms with E-state index >= 15 is 0 Å². The highest BCUT2D eigenvalue weighted by molar-refractivity contribution is 6.30. The highest BCUT2D eigenvalue weighted by Crippen LogP contribution is 2.15. The molecule has 23 heavy (non-hydrogen) atoms. The lowest BCUT2D eigenvalue weighted by atomic mass is 10.1. The van der Waals surface area contributed by atoms with E-state index in [1.807, 2.05) is 31.3 Å². The second kappa shape index (κ2) is 9.11. The Morgan fingerprint density at radius 2 is 2.17 bits per heavy atom. The van der Waals surface area contributed by atoms with Crippen LogP contribution >= 0.6 is 11.6 Å². The molecule has 1 N–H and O–H groups in total. The summed E-state index contributed by atoms with van der Waals surface area (Å²) in [6.07, 6.45) is 1.13. The van der Waals surface area contributed by atoms with Gasteiger partial charge in [0.15, 0.2) is 0 Å². The summed E-state index contributed by atoms with van der Waals surface area (Å²) in [5.41, 5.74) is 1.07. The zero-order valence-corrected chi connectivity index (χ0v) is 14.7. The molecule has 1 saturated heterocycles. The Balaban J connectivity index is 1.69. The van der Waals surface area contributed by atoms with Gasteiger partial charge in [-0.15, -0.1) is 0 Å². The van der Waals surface area contributed by atoms with Crippen molar-refractivity contribution < 1.29 is 9.53 Å². The van der Waals surface area contributed by atoms with Crippen molar-refractivity contribution in [3.8, 4) is 0 Å². The summed E-state index contributed by atoms with van der Waals surface area (Å²) in [6.45, 7) is 5.16. The van der Waals surface area contributed by atoms with Crippen molar-refractivity contribution in [1.29, 1.82) is 0 Å². The summed E-state index contributed by atoms with van der Waals surface area (Å²) in [5.74, 6) is 0.528. The van der Waals surface area contributed by atoms with Gasteiger partial charge in [-0.05, 0) is 36.6 Å². The molecule has 1 aliphatic rings. The Bertz CT molecular complexity index is 495. The van der Waals surface area contributed by atoms with Gasteiger partial charge in [-0.3, -0.25) is 0 Å². The highest BCUT2D eigenvalue weighted by atomic mass is 35.5. The molecule has 0 aromatic heterocycles. The molecular weight excluding hydrogens is 314 g/mol. The predicted octanol–water partition coefficient (Wildman–Crippen LogP) is 2.45. The van der Waals surface area contributed by atoms with E-state index in [2.05, 4.69) is 10.2 Å². The monoisotopic (exact) mass is 339 g/mol. The molecule has 0 aliphatic carbocycles. The average Bonchev–Trinajstić information content (AvgIpc) is 3.00. The zero-order chi connectivity index (χ0) is 16.7. The number of hydrogen-bond acceptors (Lipinski definition) is 3. The van der Waals surface area contributed by atoms with Crippen LogP contribution in [0.15, 0.2) is 24.3 Å². The molecule has 0 bridgehead atoms. The SMILES string of the molecule is COCCN1CCC(CNC(=O)N(C)Cc2ccc(Cl)cc2)C1. The van der Waals surface area contributed by atoms with Crippen molar-refractivity contribution in [3.05, 3.63) is 34.9 Å². The van der Waals surface area contributed by atoms with Crippen LogP contribution in [0.3, 0.4) is 0 Å². The molecule has 0 spiro atoms. The lowest BCUT2D eigenvalue weighted by Crippen LogP contribution is -2.39. The number of hydrogen-bond donors (Lipinski definition) is 1. The molecule has 5 nitrogen and oxygen atoms in total. The number of carbonyl (C=O) groups is 1. The largest absolute Gasteiger partial charge is 0.383 e. The first-order valence-corrected chi connectivity index (χ1v) is 8.41. The third kappa shape index (κ3) is 6.01. The molecule has 2 rings (SSSR count). The summed E-state index contributed by atoms with van der Waals surface area (Å²) in [6, 6.07) is 7.54. The number of rotatable bonds is 7. The summed E-state index contributed by atoms with van der Waals surface area (Å²) in [5, 5.41) is 3.74. The van der Waals surface area contributed by atoms with Gasteiger partial charge in [0.1, 0.15) is 0 Å². The van der Waals surface area contributed by atoms with Crippen molar-refractivity contribution in [2.24, 2.45) is 5.92 Å². The highest BCUT2D eigenvalue weighted by Gasteiger charge is 2.22. The minimum atomic E-state index is -0.0321. The van der Waals surface area contributed by atoms with E-state index in [0.29, 0.717) is 17.5 Å². The van der Waals surface area contributed by atoms with Crippen LogP contribution in [0.1, 0.15) is 12.0 Å². The number of amides is 2. The Morgan fingerprint density at radius 1 is 1.43 bits per heavy atom. The molecule has 1 aliphatic heterocycles. The van der Waals surface area contributed by atoms with Crippen LogP contribution < -0.4 is 5.32 Å². The Labute approximate surface area is 143 Å². The van der Waals surface area contributed by atoms with Gasteiger partial charge >= 0.3 is 6.03 Å². The van der Waals surface area contributed by atoms with E-state index in [0.717, 1.165) is 44.8 Å². The minimum absolute atomic E-state index is 0.0321. The van der Waals surface area contributed by atoms with Gasteiger partial charge in [0.05, 0.1) is 6.61 Å². The fraction of sp³-hybridized carbons (Fsp3) is 0.588.